The van der Waals surface area contributed by atoms with Crippen LogP contribution in [-0.2, 0) is 4.79 Å². The van der Waals surface area contributed by atoms with Crippen molar-refractivity contribution < 1.29 is 9.53 Å². The highest BCUT2D eigenvalue weighted by Gasteiger charge is 2.01. The van der Waals surface area contributed by atoms with Crippen LogP contribution in [0.2, 0.25) is 0 Å². The highest BCUT2D eigenvalue weighted by molar-refractivity contribution is 5.76. The first-order chi connectivity index (χ1) is 6.61. The molecule has 0 spiro atoms. The molecule has 0 bridgehead atoms. The number of hydrazine groups is 1. The SMILES string of the molecule is Cc1cc(OCC(=O)NN)cc(C)n1. The van der Waals surface area contributed by atoms with Crippen LogP contribution in [0.1, 0.15) is 11.4 Å². The lowest BCUT2D eigenvalue weighted by atomic mass is 10.3. The summed E-state index contributed by atoms with van der Waals surface area (Å²) < 4.78 is 5.19. The number of amides is 1. The van der Waals surface area contributed by atoms with Gasteiger partial charge in [0.1, 0.15) is 5.75 Å². The summed E-state index contributed by atoms with van der Waals surface area (Å²) in [5.74, 6) is 5.16. The Balaban J connectivity index is 2.63. The van der Waals surface area contributed by atoms with Gasteiger partial charge in [0, 0.05) is 23.5 Å². The van der Waals surface area contributed by atoms with Crippen molar-refractivity contribution >= 4 is 5.91 Å². The van der Waals surface area contributed by atoms with Crippen molar-refractivity contribution in [3.05, 3.63) is 23.5 Å². The molecule has 0 saturated carbocycles. The average Bonchev–Trinajstić information content (AvgIpc) is 2.12. The van der Waals surface area contributed by atoms with Gasteiger partial charge >= 0.3 is 0 Å². The maximum absolute atomic E-state index is 10.8. The summed E-state index contributed by atoms with van der Waals surface area (Å²) in [6.07, 6.45) is 0. The first kappa shape index (κ1) is 10.5. The molecular formula is C9H13N3O2. The zero-order valence-corrected chi connectivity index (χ0v) is 8.20. The molecule has 1 aromatic heterocycles. The summed E-state index contributed by atoms with van der Waals surface area (Å²) in [7, 11) is 0. The van der Waals surface area contributed by atoms with Crippen molar-refractivity contribution in [1.29, 1.82) is 0 Å². The largest absolute Gasteiger partial charge is 0.484 e. The van der Waals surface area contributed by atoms with Crippen molar-refractivity contribution in [3.63, 3.8) is 0 Å². The van der Waals surface area contributed by atoms with Crippen LogP contribution in [0.4, 0.5) is 0 Å². The minimum atomic E-state index is -0.364. The van der Waals surface area contributed by atoms with Gasteiger partial charge in [-0.2, -0.15) is 0 Å². The highest BCUT2D eigenvalue weighted by Crippen LogP contribution is 2.12. The molecule has 0 aliphatic carbocycles. The standard InChI is InChI=1S/C9H13N3O2/c1-6-3-8(4-7(2)11-6)14-5-9(13)12-10/h3-4H,5,10H2,1-2H3,(H,12,13). The fourth-order valence-electron chi connectivity index (χ4n) is 1.07. The van der Waals surface area contributed by atoms with Gasteiger partial charge in [0.25, 0.3) is 5.91 Å². The number of nitrogens with one attached hydrogen (secondary N) is 1. The van der Waals surface area contributed by atoms with Gasteiger partial charge in [-0.25, -0.2) is 5.84 Å². The summed E-state index contributed by atoms with van der Waals surface area (Å²) in [5.41, 5.74) is 3.69. The minimum absolute atomic E-state index is 0.0839. The van der Waals surface area contributed by atoms with E-state index >= 15 is 0 Å². The molecule has 0 saturated heterocycles. The van der Waals surface area contributed by atoms with Crippen molar-refractivity contribution in [3.8, 4) is 5.75 Å². The normalized spacial score (nSPS) is 9.64. The van der Waals surface area contributed by atoms with Gasteiger partial charge in [-0.3, -0.25) is 15.2 Å². The van der Waals surface area contributed by atoms with E-state index in [0.717, 1.165) is 11.4 Å². The molecule has 1 amide bonds. The van der Waals surface area contributed by atoms with Gasteiger partial charge in [-0.05, 0) is 13.8 Å². The van der Waals surface area contributed by atoms with Crippen LogP contribution >= 0.6 is 0 Å². The van der Waals surface area contributed by atoms with Gasteiger partial charge in [0.2, 0.25) is 0 Å². The molecule has 3 N–H and O–H groups in total. The Morgan fingerprint density at radius 1 is 1.50 bits per heavy atom. The molecule has 0 atom stereocenters. The number of aryl methyl sites for hydroxylation is 2. The number of pyridine rings is 1. The fourth-order valence-corrected chi connectivity index (χ4v) is 1.07. The number of nitrogens with two attached hydrogens (primary N) is 1. The lowest BCUT2D eigenvalue weighted by Gasteiger charge is -2.06. The third-order valence-electron chi connectivity index (χ3n) is 1.59. The van der Waals surface area contributed by atoms with Crippen molar-refractivity contribution in [2.45, 2.75) is 13.8 Å². The van der Waals surface area contributed by atoms with Gasteiger partial charge in [0.05, 0.1) is 0 Å². The molecule has 1 heterocycles. The van der Waals surface area contributed by atoms with E-state index in [2.05, 4.69) is 4.98 Å². The maximum Gasteiger partial charge on any atom is 0.271 e. The summed E-state index contributed by atoms with van der Waals surface area (Å²) in [6, 6.07) is 3.52. The Labute approximate surface area is 82.2 Å². The second kappa shape index (κ2) is 4.57. The predicted molar refractivity (Wildman–Crippen MR) is 51.5 cm³/mol. The first-order valence-electron chi connectivity index (χ1n) is 4.19. The summed E-state index contributed by atoms with van der Waals surface area (Å²) in [5, 5.41) is 0. The molecule has 0 aromatic carbocycles. The quantitative estimate of drug-likeness (QED) is 0.406. The third kappa shape index (κ3) is 3.02. The highest BCUT2D eigenvalue weighted by atomic mass is 16.5. The number of carbonyl (C=O) groups is 1. The maximum atomic E-state index is 10.8. The average molecular weight is 195 g/mol. The second-order valence-corrected chi connectivity index (χ2v) is 2.94. The molecule has 0 radical (unpaired) electrons. The molecule has 0 aliphatic rings. The van der Waals surface area contributed by atoms with Gasteiger partial charge in [-0.15, -0.1) is 0 Å². The molecule has 5 heteroatoms. The van der Waals surface area contributed by atoms with Gasteiger partial charge < -0.3 is 4.74 Å². The van der Waals surface area contributed by atoms with Crippen LogP contribution in [0.3, 0.4) is 0 Å². The monoisotopic (exact) mass is 195 g/mol. The number of hydrogen-bond donors (Lipinski definition) is 2. The lowest BCUT2D eigenvalue weighted by Crippen LogP contribution is -2.34. The Morgan fingerprint density at radius 3 is 2.57 bits per heavy atom. The molecule has 1 aromatic rings. The van der Waals surface area contributed by atoms with Crippen LogP contribution < -0.4 is 16.0 Å². The van der Waals surface area contributed by atoms with Gasteiger partial charge in [-0.1, -0.05) is 0 Å². The molecule has 0 fully saturated rings. The predicted octanol–water partition coefficient (Wildman–Crippen LogP) is 0.0671. The van der Waals surface area contributed by atoms with Crippen LogP contribution in [0.5, 0.6) is 5.75 Å². The Bertz CT molecular complexity index is 319. The molecule has 0 unspecified atom stereocenters. The van der Waals surface area contributed by atoms with Gasteiger partial charge in [0.15, 0.2) is 6.61 Å². The second-order valence-electron chi connectivity index (χ2n) is 2.94. The van der Waals surface area contributed by atoms with E-state index in [9.17, 15) is 4.79 Å². The summed E-state index contributed by atoms with van der Waals surface area (Å²) >= 11 is 0. The van der Waals surface area contributed by atoms with Crippen LogP contribution in [0.25, 0.3) is 0 Å². The molecule has 14 heavy (non-hydrogen) atoms. The Morgan fingerprint density at radius 2 is 2.07 bits per heavy atom. The Hall–Kier alpha value is -1.62. The molecule has 1 rings (SSSR count). The zero-order chi connectivity index (χ0) is 10.6. The van der Waals surface area contributed by atoms with Crippen LogP contribution in [-0.4, -0.2) is 17.5 Å². The van der Waals surface area contributed by atoms with Crippen molar-refractivity contribution in [2.24, 2.45) is 5.84 Å². The minimum Gasteiger partial charge on any atom is -0.484 e. The Kier molecular flexibility index (Phi) is 3.41. The number of nitrogens with zero attached hydrogens (tertiary/aromatic N) is 1. The topological polar surface area (TPSA) is 77.2 Å². The molecule has 76 valence electrons. The van der Waals surface area contributed by atoms with E-state index in [0.29, 0.717) is 5.75 Å². The third-order valence-corrected chi connectivity index (χ3v) is 1.59. The first-order valence-corrected chi connectivity index (χ1v) is 4.19. The van der Waals surface area contributed by atoms with Crippen LogP contribution in [0.15, 0.2) is 12.1 Å². The lowest BCUT2D eigenvalue weighted by molar-refractivity contribution is -0.123. The summed E-state index contributed by atoms with van der Waals surface area (Å²) in [6.45, 7) is 3.64. The van der Waals surface area contributed by atoms with E-state index in [-0.39, 0.29) is 12.5 Å². The molecule has 0 aliphatic heterocycles. The van der Waals surface area contributed by atoms with E-state index in [1.807, 2.05) is 19.3 Å². The van der Waals surface area contributed by atoms with E-state index < -0.39 is 0 Å². The van der Waals surface area contributed by atoms with Crippen molar-refractivity contribution in [2.75, 3.05) is 6.61 Å². The summed E-state index contributed by atoms with van der Waals surface area (Å²) in [4.78, 5) is 15.0. The fraction of sp³-hybridized carbons (Fsp3) is 0.333. The number of rotatable bonds is 3. The zero-order valence-electron chi connectivity index (χ0n) is 8.20. The van der Waals surface area contributed by atoms with Crippen molar-refractivity contribution in [1.82, 2.24) is 10.4 Å². The number of aromatic nitrogens is 1. The number of hydrogen-bond acceptors (Lipinski definition) is 4. The molecular weight excluding hydrogens is 182 g/mol. The number of carbonyl (C=O) groups excluding carboxylic acids is 1. The smallest absolute Gasteiger partial charge is 0.271 e. The van der Waals surface area contributed by atoms with E-state index in [1.165, 1.54) is 0 Å². The number of ether oxygens (including phenoxy) is 1. The van der Waals surface area contributed by atoms with E-state index in [1.54, 1.807) is 12.1 Å². The molecule has 5 nitrogen and oxygen atoms in total. The van der Waals surface area contributed by atoms with Crippen LogP contribution in [0, 0.1) is 13.8 Å². The van der Waals surface area contributed by atoms with E-state index in [4.69, 9.17) is 10.6 Å².